The summed E-state index contributed by atoms with van der Waals surface area (Å²) in [5, 5.41) is 2.91. The lowest BCUT2D eigenvalue weighted by atomic mass is 10.2. The number of aromatic nitrogens is 2. The third-order valence-corrected chi connectivity index (χ3v) is 1.64. The van der Waals surface area contributed by atoms with Crippen LogP contribution in [0, 0.1) is 6.92 Å². The molecule has 0 unspecified atom stereocenters. The number of nitrogens with zero attached hydrogens (tertiary/aromatic N) is 2. The van der Waals surface area contributed by atoms with Crippen molar-refractivity contribution in [1.82, 2.24) is 9.97 Å². The Labute approximate surface area is 66.9 Å². The van der Waals surface area contributed by atoms with Crippen LogP contribution in [-0.4, -0.2) is 17.0 Å². The van der Waals surface area contributed by atoms with Crippen LogP contribution in [0.5, 0.6) is 0 Å². The van der Waals surface area contributed by atoms with Crippen molar-refractivity contribution in [1.29, 1.82) is 0 Å². The van der Waals surface area contributed by atoms with Crippen molar-refractivity contribution >= 4 is 5.95 Å². The second kappa shape index (κ2) is 3.32. The Bertz CT molecular complexity index is 245. The highest BCUT2D eigenvalue weighted by Gasteiger charge is 1.98. The largest absolute Gasteiger partial charge is 0.357 e. The topological polar surface area (TPSA) is 37.8 Å². The maximum Gasteiger partial charge on any atom is 0.222 e. The molecule has 0 radical (unpaired) electrons. The van der Waals surface area contributed by atoms with E-state index in [0.29, 0.717) is 5.95 Å². The normalized spacial score (nSPS) is 9.73. The van der Waals surface area contributed by atoms with Crippen molar-refractivity contribution in [2.75, 3.05) is 12.4 Å². The van der Waals surface area contributed by atoms with Gasteiger partial charge in [0.15, 0.2) is 0 Å². The van der Waals surface area contributed by atoms with Crippen molar-refractivity contribution in [3.63, 3.8) is 0 Å². The number of anilines is 1. The predicted octanol–water partition coefficient (Wildman–Crippen LogP) is 1.39. The number of nitrogens with one attached hydrogen (secondary N) is 1. The average Bonchev–Trinajstić information content (AvgIpc) is 2.05. The van der Waals surface area contributed by atoms with Crippen molar-refractivity contribution in [2.24, 2.45) is 0 Å². The van der Waals surface area contributed by atoms with E-state index in [1.54, 1.807) is 0 Å². The van der Waals surface area contributed by atoms with Gasteiger partial charge in [-0.1, -0.05) is 6.92 Å². The van der Waals surface area contributed by atoms with Gasteiger partial charge in [0.05, 0.1) is 0 Å². The van der Waals surface area contributed by atoms with Gasteiger partial charge in [-0.3, -0.25) is 0 Å². The van der Waals surface area contributed by atoms with Crippen molar-refractivity contribution < 1.29 is 0 Å². The van der Waals surface area contributed by atoms with E-state index in [-0.39, 0.29) is 0 Å². The average molecular weight is 151 g/mol. The van der Waals surface area contributed by atoms with Gasteiger partial charge in [-0.15, -0.1) is 0 Å². The van der Waals surface area contributed by atoms with Gasteiger partial charge in [0.25, 0.3) is 0 Å². The molecule has 1 aromatic heterocycles. The summed E-state index contributed by atoms with van der Waals surface area (Å²) in [5.74, 6) is 0.701. The van der Waals surface area contributed by atoms with Gasteiger partial charge in [0.2, 0.25) is 5.95 Å². The van der Waals surface area contributed by atoms with Gasteiger partial charge in [-0.25, -0.2) is 9.97 Å². The van der Waals surface area contributed by atoms with Crippen LogP contribution in [-0.2, 0) is 6.42 Å². The fourth-order valence-electron chi connectivity index (χ4n) is 0.956. The third kappa shape index (κ3) is 1.67. The maximum absolute atomic E-state index is 4.29. The van der Waals surface area contributed by atoms with E-state index < -0.39 is 0 Å². The summed E-state index contributed by atoms with van der Waals surface area (Å²) >= 11 is 0. The SMILES string of the molecule is CCc1nc(NC)ncc1C. The van der Waals surface area contributed by atoms with Crippen LogP contribution in [0.1, 0.15) is 18.2 Å². The fraction of sp³-hybridized carbons (Fsp3) is 0.500. The molecule has 0 fully saturated rings. The highest BCUT2D eigenvalue weighted by molar-refractivity contribution is 5.27. The van der Waals surface area contributed by atoms with Gasteiger partial charge >= 0.3 is 0 Å². The molecule has 0 atom stereocenters. The lowest BCUT2D eigenvalue weighted by Gasteiger charge is -2.03. The van der Waals surface area contributed by atoms with Crippen LogP contribution in [0.3, 0.4) is 0 Å². The summed E-state index contributed by atoms with van der Waals surface area (Å²) in [7, 11) is 1.82. The van der Waals surface area contributed by atoms with Gasteiger partial charge in [-0.2, -0.15) is 0 Å². The quantitative estimate of drug-likeness (QED) is 0.694. The van der Waals surface area contributed by atoms with E-state index in [4.69, 9.17) is 0 Å². The zero-order chi connectivity index (χ0) is 8.27. The monoisotopic (exact) mass is 151 g/mol. The van der Waals surface area contributed by atoms with Gasteiger partial charge in [-0.05, 0) is 18.9 Å². The number of hydrogen-bond donors (Lipinski definition) is 1. The van der Waals surface area contributed by atoms with Crippen molar-refractivity contribution in [3.05, 3.63) is 17.5 Å². The Kier molecular flexibility index (Phi) is 2.41. The summed E-state index contributed by atoms with van der Waals surface area (Å²) < 4.78 is 0. The summed E-state index contributed by atoms with van der Waals surface area (Å²) in [4.78, 5) is 8.37. The first-order valence-electron chi connectivity index (χ1n) is 3.78. The van der Waals surface area contributed by atoms with E-state index in [9.17, 15) is 0 Å². The van der Waals surface area contributed by atoms with E-state index in [2.05, 4.69) is 22.2 Å². The minimum absolute atomic E-state index is 0.701. The van der Waals surface area contributed by atoms with Crippen LogP contribution >= 0.6 is 0 Å². The van der Waals surface area contributed by atoms with Crippen LogP contribution < -0.4 is 5.32 Å². The molecule has 3 nitrogen and oxygen atoms in total. The highest BCUT2D eigenvalue weighted by Crippen LogP contribution is 2.06. The molecule has 11 heavy (non-hydrogen) atoms. The second-order valence-electron chi connectivity index (χ2n) is 2.43. The fourth-order valence-corrected chi connectivity index (χ4v) is 0.956. The highest BCUT2D eigenvalue weighted by atomic mass is 15.1. The smallest absolute Gasteiger partial charge is 0.222 e. The Balaban J connectivity index is 3.02. The summed E-state index contributed by atoms with van der Waals surface area (Å²) in [5.41, 5.74) is 2.27. The first-order valence-corrected chi connectivity index (χ1v) is 3.78. The molecule has 0 aliphatic carbocycles. The van der Waals surface area contributed by atoms with Crippen LogP contribution in [0.2, 0.25) is 0 Å². The number of rotatable bonds is 2. The van der Waals surface area contributed by atoms with Crippen LogP contribution in [0.4, 0.5) is 5.95 Å². The molecule has 0 aliphatic heterocycles. The molecule has 0 aliphatic rings. The molecular weight excluding hydrogens is 138 g/mol. The number of aryl methyl sites for hydroxylation is 2. The summed E-state index contributed by atoms with van der Waals surface area (Å²) in [6.07, 6.45) is 2.81. The van der Waals surface area contributed by atoms with E-state index in [0.717, 1.165) is 17.7 Å². The Morgan fingerprint density at radius 2 is 2.27 bits per heavy atom. The molecule has 0 aromatic carbocycles. The predicted molar refractivity (Wildman–Crippen MR) is 45.7 cm³/mol. The summed E-state index contributed by atoms with van der Waals surface area (Å²) in [6.45, 7) is 4.12. The van der Waals surface area contributed by atoms with Gasteiger partial charge < -0.3 is 5.32 Å². The molecule has 3 heteroatoms. The minimum atomic E-state index is 0.701. The van der Waals surface area contributed by atoms with Gasteiger partial charge in [0.1, 0.15) is 0 Å². The molecule has 0 spiro atoms. The Morgan fingerprint density at radius 1 is 1.55 bits per heavy atom. The molecule has 60 valence electrons. The molecule has 0 saturated carbocycles. The Morgan fingerprint density at radius 3 is 2.82 bits per heavy atom. The zero-order valence-corrected chi connectivity index (χ0v) is 7.18. The standard InChI is InChI=1S/C8H13N3/c1-4-7-6(2)5-10-8(9-3)11-7/h5H,4H2,1-3H3,(H,9,10,11). The lowest BCUT2D eigenvalue weighted by molar-refractivity contribution is 0.972. The summed E-state index contributed by atoms with van der Waals surface area (Å²) in [6, 6.07) is 0. The van der Waals surface area contributed by atoms with Crippen LogP contribution in [0.15, 0.2) is 6.20 Å². The lowest BCUT2D eigenvalue weighted by Crippen LogP contribution is -2.00. The molecule has 0 bridgehead atoms. The van der Waals surface area contributed by atoms with E-state index >= 15 is 0 Å². The molecule has 1 aromatic rings. The molecule has 1 rings (SSSR count). The minimum Gasteiger partial charge on any atom is -0.357 e. The first-order chi connectivity index (χ1) is 5.27. The molecule has 0 saturated heterocycles. The third-order valence-electron chi connectivity index (χ3n) is 1.64. The zero-order valence-electron chi connectivity index (χ0n) is 7.18. The molecule has 0 amide bonds. The van der Waals surface area contributed by atoms with E-state index in [1.165, 1.54) is 0 Å². The second-order valence-corrected chi connectivity index (χ2v) is 2.43. The van der Waals surface area contributed by atoms with Crippen LogP contribution in [0.25, 0.3) is 0 Å². The van der Waals surface area contributed by atoms with Gasteiger partial charge in [0, 0.05) is 18.9 Å². The maximum atomic E-state index is 4.29. The molecule has 1 heterocycles. The molecule has 1 N–H and O–H groups in total. The van der Waals surface area contributed by atoms with E-state index in [1.807, 2.05) is 20.2 Å². The Hall–Kier alpha value is -1.12. The van der Waals surface area contributed by atoms with Crippen molar-refractivity contribution in [3.8, 4) is 0 Å². The van der Waals surface area contributed by atoms with Crippen molar-refractivity contribution in [2.45, 2.75) is 20.3 Å². The first kappa shape index (κ1) is 7.98. The number of hydrogen-bond acceptors (Lipinski definition) is 3. The molecular formula is C8H13N3.